The summed E-state index contributed by atoms with van der Waals surface area (Å²) in [4.78, 5) is 11.4. The minimum Gasteiger partial charge on any atom is -0.364 e. The molecule has 0 radical (unpaired) electrons. The molecular formula is C14H20N6. The van der Waals surface area contributed by atoms with Gasteiger partial charge in [0.2, 0.25) is 5.95 Å². The summed E-state index contributed by atoms with van der Waals surface area (Å²) in [7, 11) is 0. The molecule has 0 aromatic carbocycles. The Morgan fingerprint density at radius 2 is 2.00 bits per heavy atom. The van der Waals surface area contributed by atoms with E-state index in [9.17, 15) is 0 Å². The van der Waals surface area contributed by atoms with Crippen molar-refractivity contribution in [2.75, 3.05) is 23.3 Å². The lowest BCUT2D eigenvalue weighted by atomic mass is 10.3. The van der Waals surface area contributed by atoms with Crippen molar-refractivity contribution in [3.8, 4) is 0 Å². The quantitative estimate of drug-likeness (QED) is 0.891. The first-order chi connectivity index (χ1) is 9.70. The Balaban J connectivity index is 1.72. The molecule has 6 nitrogen and oxygen atoms in total. The van der Waals surface area contributed by atoms with E-state index in [0.717, 1.165) is 41.9 Å². The second kappa shape index (κ2) is 5.48. The van der Waals surface area contributed by atoms with Crippen molar-refractivity contribution in [1.29, 1.82) is 0 Å². The maximum atomic E-state index is 4.60. The van der Waals surface area contributed by atoms with Crippen molar-refractivity contribution in [3.63, 3.8) is 0 Å². The average molecular weight is 272 g/mol. The van der Waals surface area contributed by atoms with Crippen LogP contribution in [0.15, 0.2) is 12.1 Å². The Morgan fingerprint density at radius 3 is 2.70 bits per heavy atom. The van der Waals surface area contributed by atoms with E-state index in [-0.39, 0.29) is 0 Å². The van der Waals surface area contributed by atoms with E-state index in [4.69, 9.17) is 0 Å². The van der Waals surface area contributed by atoms with Gasteiger partial charge in [0.05, 0.1) is 12.2 Å². The maximum Gasteiger partial charge on any atom is 0.227 e. The molecule has 0 amide bonds. The molecule has 0 saturated carbocycles. The van der Waals surface area contributed by atoms with Crippen molar-refractivity contribution in [3.05, 3.63) is 29.2 Å². The van der Waals surface area contributed by atoms with Crippen LogP contribution < -0.4 is 10.2 Å². The van der Waals surface area contributed by atoms with E-state index in [1.165, 1.54) is 12.8 Å². The summed E-state index contributed by atoms with van der Waals surface area (Å²) in [5, 5.41) is 10.5. The van der Waals surface area contributed by atoms with Crippen LogP contribution in [-0.4, -0.2) is 33.3 Å². The minimum absolute atomic E-state index is 0.667. The van der Waals surface area contributed by atoms with Crippen molar-refractivity contribution < 1.29 is 0 Å². The van der Waals surface area contributed by atoms with Gasteiger partial charge in [-0.1, -0.05) is 0 Å². The fourth-order valence-corrected chi connectivity index (χ4v) is 2.45. The number of aryl methyl sites for hydroxylation is 2. The Labute approximate surface area is 118 Å². The highest BCUT2D eigenvalue weighted by Gasteiger charge is 2.15. The molecule has 0 bridgehead atoms. The molecule has 1 saturated heterocycles. The molecule has 6 heteroatoms. The summed E-state index contributed by atoms with van der Waals surface area (Å²) < 4.78 is 0. The van der Waals surface area contributed by atoms with Gasteiger partial charge in [-0.2, -0.15) is 10.1 Å². The van der Waals surface area contributed by atoms with Gasteiger partial charge in [0.25, 0.3) is 0 Å². The number of nitrogens with zero attached hydrogens (tertiary/aromatic N) is 4. The molecule has 2 N–H and O–H groups in total. The molecule has 1 aliphatic rings. The smallest absolute Gasteiger partial charge is 0.227 e. The largest absolute Gasteiger partial charge is 0.364 e. The van der Waals surface area contributed by atoms with Gasteiger partial charge in [-0.05, 0) is 32.8 Å². The molecule has 3 heterocycles. The first kappa shape index (κ1) is 12.9. The molecule has 106 valence electrons. The Morgan fingerprint density at radius 1 is 1.20 bits per heavy atom. The molecule has 1 aliphatic heterocycles. The van der Waals surface area contributed by atoms with Gasteiger partial charge in [0.15, 0.2) is 0 Å². The lowest BCUT2D eigenvalue weighted by Gasteiger charge is -2.16. The van der Waals surface area contributed by atoms with Gasteiger partial charge in [-0.25, -0.2) is 4.98 Å². The summed E-state index contributed by atoms with van der Waals surface area (Å²) in [5.41, 5.74) is 3.04. The monoisotopic (exact) mass is 272 g/mol. The van der Waals surface area contributed by atoms with Crippen LogP contribution in [0.5, 0.6) is 0 Å². The molecular weight excluding hydrogens is 252 g/mol. The van der Waals surface area contributed by atoms with Crippen LogP contribution in [0.2, 0.25) is 0 Å². The average Bonchev–Trinajstić information content (AvgIpc) is 3.07. The van der Waals surface area contributed by atoms with Crippen LogP contribution in [0.25, 0.3) is 0 Å². The van der Waals surface area contributed by atoms with Crippen LogP contribution in [0.3, 0.4) is 0 Å². The highest BCUT2D eigenvalue weighted by atomic mass is 15.3. The summed E-state index contributed by atoms with van der Waals surface area (Å²) >= 11 is 0. The van der Waals surface area contributed by atoms with E-state index >= 15 is 0 Å². The van der Waals surface area contributed by atoms with E-state index in [0.29, 0.717) is 6.54 Å². The highest BCUT2D eigenvalue weighted by molar-refractivity contribution is 5.44. The molecule has 0 spiro atoms. The first-order valence-corrected chi connectivity index (χ1v) is 7.06. The Kier molecular flexibility index (Phi) is 3.54. The number of nitrogens with one attached hydrogen (secondary N) is 2. The summed E-state index contributed by atoms with van der Waals surface area (Å²) in [5.74, 6) is 1.70. The standard InChI is InChI=1S/C14H20N6/c1-10-8-13(15-9-12-7-11(2)18-19-12)17-14(16-10)20-5-3-4-6-20/h7-8H,3-6,9H2,1-2H3,(H,18,19)(H,15,16,17). The van der Waals surface area contributed by atoms with Gasteiger partial charge in [-0.15, -0.1) is 0 Å². The molecule has 3 rings (SSSR count). The summed E-state index contributed by atoms with van der Waals surface area (Å²) in [6, 6.07) is 4.00. The van der Waals surface area contributed by atoms with Gasteiger partial charge in [0, 0.05) is 30.5 Å². The van der Waals surface area contributed by atoms with Crippen molar-refractivity contribution in [2.24, 2.45) is 0 Å². The number of H-pyrrole nitrogens is 1. The van der Waals surface area contributed by atoms with Crippen molar-refractivity contribution in [2.45, 2.75) is 33.2 Å². The lowest BCUT2D eigenvalue weighted by Crippen LogP contribution is -2.21. The lowest BCUT2D eigenvalue weighted by molar-refractivity contribution is 0.884. The van der Waals surface area contributed by atoms with Gasteiger partial charge in [0.1, 0.15) is 5.82 Å². The third-order valence-corrected chi connectivity index (χ3v) is 3.44. The molecule has 0 unspecified atom stereocenters. The topological polar surface area (TPSA) is 69.7 Å². The Bertz CT molecular complexity index is 585. The number of aromatic amines is 1. The van der Waals surface area contributed by atoms with Gasteiger partial charge in [-0.3, -0.25) is 5.10 Å². The maximum absolute atomic E-state index is 4.60. The second-order valence-electron chi connectivity index (χ2n) is 5.28. The predicted octanol–water partition coefficient (Wildman–Crippen LogP) is 2.03. The van der Waals surface area contributed by atoms with Gasteiger partial charge < -0.3 is 10.2 Å². The number of hydrogen-bond donors (Lipinski definition) is 2. The molecule has 20 heavy (non-hydrogen) atoms. The minimum atomic E-state index is 0.667. The van der Waals surface area contributed by atoms with Crippen molar-refractivity contribution in [1.82, 2.24) is 20.2 Å². The normalized spacial score (nSPS) is 14.8. The van der Waals surface area contributed by atoms with Crippen LogP contribution in [0, 0.1) is 13.8 Å². The number of anilines is 2. The number of hydrogen-bond acceptors (Lipinski definition) is 5. The van der Waals surface area contributed by atoms with Gasteiger partial charge >= 0.3 is 0 Å². The fraction of sp³-hybridized carbons (Fsp3) is 0.500. The second-order valence-corrected chi connectivity index (χ2v) is 5.28. The SMILES string of the molecule is Cc1cc(NCc2cc(C)[nH]n2)nc(N2CCCC2)n1. The van der Waals surface area contributed by atoms with Crippen molar-refractivity contribution >= 4 is 11.8 Å². The number of rotatable bonds is 4. The molecule has 2 aromatic rings. The molecule has 1 fully saturated rings. The molecule has 0 aliphatic carbocycles. The van der Waals surface area contributed by atoms with Crippen LogP contribution in [-0.2, 0) is 6.54 Å². The van der Waals surface area contributed by atoms with E-state index in [2.05, 4.69) is 30.4 Å². The molecule has 2 aromatic heterocycles. The highest BCUT2D eigenvalue weighted by Crippen LogP contribution is 2.18. The van der Waals surface area contributed by atoms with E-state index in [1.54, 1.807) is 0 Å². The fourth-order valence-electron chi connectivity index (χ4n) is 2.45. The third-order valence-electron chi connectivity index (χ3n) is 3.44. The zero-order valence-corrected chi connectivity index (χ0v) is 12.0. The van der Waals surface area contributed by atoms with Crippen LogP contribution in [0.1, 0.15) is 29.9 Å². The number of aromatic nitrogens is 4. The van der Waals surface area contributed by atoms with E-state index in [1.807, 2.05) is 26.0 Å². The molecule has 0 atom stereocenters. The zero-order valence-electron chi connectivity index (χ0n) is 12.0. The van der Waals surface area contributed by atoms with Crippen LogP contribution in [0.4, 0.5) is 11.8 Å². The van der Waals surface area contributed by atoms with Crippen LogP contribution >= 0.6 is 0 Å². The van der Waals surface area contributed by atoms with E-state index < -0.39 is 0 Å². The zero-order chi connectivity index (χ0) is 13.9. The summed E-state index contributed by atoms with van der Waals surface area (Å²) in [6.07, 6.45) is 2.46. The Hall–Kier alpha value is -2.11. The predicted molar refractivity (Wildman–Crippen MR) is 78.9 cm³/mol. The third kappa shape index (κ3) is 2.89. The summed E-state index contributed by atoms with van der Waals surface area (Å²) in [6.45, 7) is 6.78. The first-order valence-electron chi connectivity index (χ1n) is 7.06.